The molecule has 0 fully saturated rings. The summed E-state index contributed by atoms with van der Waals surface area (Å²) in [4.78, 5) is 5.07. The van der Waals surface area contributed by atoms with Gasteiger partial charge in [-0.2, -0.15) is 0 Å². The van der Waals surface area contributed by atoms with Crippen LogP contribution < -0.4 is 10.4 Å². The first kappa shape index (κ1) is 24.5. The summed E-state index contributed by atoms with van der Waals surface area (Å²) in [7, 11) is 0. The molecule has 0 bridgehead atoms. The van der Waals surface area contributed by atoms with E-state index in [1.54, 1.807) is 0 Å². The molecule has 3 nitrogen and oxygen atoms in total. The number of nitrogens with zero attached hydrogens (tertiary/aromatic N) is 3. The molecule has 0 saturated carbocycles. The van der Waals surface area contributed by atoms with Crippen LogP contribution in [-0.2, 0) is 0 Å². The lowest BCUT2D eigenvalue weighted by Gasteiger charge is -2.12. The highest BCUT2D eigenvalue weighted by atomic mass is 15.0. The van der Waals surface area contributed by atoms with Crippen molar-refractivity contribution in [2.75, 3.05) is 0 Å². The number of allylic oxidation sites excluding steroid dienone is 2. The lowest BCUT2D eigenvalue weighted by atomic mass is 9.99. The molecular formula is C42H27N3. The monoisotopic (exact) mass is 573 g/mol. The van der Waals surface area contributed by atoms with Crippen molar-refractivity contribution in [3.63, 3.8) is 0 Å². The molecule has 0 radical (unpaired) electrons. The van der Waals surface area contributed by atoms with Gasteiger partial charge in [0.1, 0.15) is 5.65 Å². The van der Waals surface area contributed by atoms with Gasteiger partial charge in [-0.25, -0.2) is 4.98 Å². The van der Waals surface area contributed by atoms with Crippen molar-refractivity contribution in [1.82, 2.24) is 14.0 Å². The summed E-state index contributed by atoms with van der Waals surface area (Å²) < 4.78 is 4.74. The van der Waals surface area contributed by atoms with Crippen molar-refractivity contribution in [3.05, 3.63) is 150 Å². The van der Waals surface area contributed by atoms with E-state index in [2.05, 4.69) is 161 Å². The summed E-state index contributed by atoms with van der Waals surface area (Å²) >= 11 is 0. The first-order chi connectivity index (χ1) is 22.3. The summed E-state index contributed by atoms with van der Waals surface area (Å²) in [6, 6.07) is 46.3. The number of hydrogen-bond acceptors (Lipinski definition) is 1. The first-order valence-electron chi connectivity index (χ1n) is 15.6. The highest BCUT2D eigenvalue weighted by Gasteiger charge is 2.16. The van der Waals surface area contributed by atoms with E-state index in [0.717, 1.165) is 28.8 Å². The van der Waals surface area contributed by atoms with Gasteiger partial charge in [0.2, 0.25) is 0 Å². The molecule has 0 aliphatic heterocycles. The van der Waals surface area contributed by atoms with Crippen LogP contribution in [0, 0.1) is 0 Å². The number of fused-ring (bicyclic) bond motifs is 13. The third kappa shape index (κ3) is 3.49. The molecule has 0 unspecified atom stereocenters. The maximum absolute atomic E-state index is 5.07. The summed E-state index contributed by atoms with van der Waals surface area (Å²) in [5.74, 6) is 0. The summed E-state index contributed by atoms with van der Waals surface area (Å²) in [6.45, 7) is 0. The first-order valence-corrected chi connectivity index (χ1v) is 15.6. The standard InChI is InChI=1S/C42H27N3/c1-2-10-28-20-24-34-32-12-4-7-15-38(32)44(41(34)31(28)11-3-1)30-22-18-27(19-23-30)29-21-25-35-36(26-29)33-13-5-8-16-39(33)45-40-17-9-6-14-37(40)43-42(35)45/h1,3-26H,2H2. The van der Waals surface area contributed by atoms with E-state index in [-0.39, 0.29) is 0 Å². The summed E-state index contributed by atoms with van der Waals surface area (Å²) in [5.41, 5.74) is 10.4. The van der Waals surface area contributed by atoms with Gasteiger partial charge in [-0.3, -0.25) is 4.40 Å². The minimum atomic E-state index is 0.952. The van der Waals surface area contributed by atoms with Gasteiger partial charge in [0.15, 0.2) is 0 Å². The maximum Gasteiger partial charge on any atom is 0.146 e. The predicted molar refractivity (Wildman–Crippen MR) is 189 cm³/mol. The predicted octanol–water partition coefficient (Wildman–Crippen LogP) is 9.08. The van der Waals surface area contributed by atoms with Gasteiger partial charge in [-0.1, -0.05) is 103 Å². The van der Waals surface area contributed by atoms with Crippen molar-refractivity contribution in [3.8, 4) is 16.8 Å². The molecule has 1 aliphatic rings. The molecule has 0 N–H and O–H groups in total. The van der Waals surface area contributed by atoms with Gasteiger partial charge < -0.3 is 4.57 Å². The fourth-order valence-electron chi connectivity index (χ4n) is 7.45. The van der Waals surface area contributed by atoms with Gasteiger partial charge in [-0.05, 0) is 76.7 Å². The third-order valence-corrected chi connectivity index (χ3v) is 9.50. The third-order valence-electron chi connectivity index (χ3n) is 9.50. The number of imidazole rings is 1. The van der Waals surface area contributed by atoms with Gasteiger partial charge in [-0.15, -0.1) is 0 Å². The molecule has 10 rings (SSSR count). The van der Waals surface area contributed by atoms with Crippen LogP contribution in [0.2, 0.25) is 0 Å². The van der Waals surface area contributed by atoms with Crippen molar-refractivity contribution in [2.45, 2.75) is 6.42 Å². The van der Waals surface area contributed by atoms with E-state index < -0.39 is 0 Å². The fraction of sp³-hybridized carbons (Fsp3) is 0.0238. The van der Waals surface area contributed by atoms with Gasteiger partial charge in [0.25, 0.3) is 0 Å². The number of pyridine rings is 1. The molecular weight excluding hydrogens is 546 g/mol. The van der Waals surface area contributed by atoms with E-state index in [0.29, 0.717) is 0 Å². The zero-order valence-electron chi connectivity index (χ0n) is 24.5. The SMILES string of the molecule is C1=CCC=c2ccc3c4ccccc4n(-c4ccc(-c5ccc6c(c5)c5ccccc5n5c7ccccc7nc65)cc4)c3c2=C1. The molecule has 45 heavy (non-hydrogen) atoms. The molecule has 0 atom stereocenters. The largest absolute Gasteiger partial charge is 0.309 e. The van der Waals surface area contributed by atoms with Crippen molar-refractivity contribution in [1.29, 1.82) is 0 Å². The molecule has 9 aromatic rings. The molecule has 0 spiro atoms. The number of aromatic nitrogens is 3. The van der Waals surface area contributed by atoms with Crippen LogP contribution in [0.1, 0.15) is 6.42 Å². The Bertz CT molecular complexity index is 2830. The zero-order valence-corrected chi connectivity index (χ0v) is 24.5. The molecule has 3 heteroatoms. The van der Waals surface area contributed by atoms with E-state index in [1.165, 1.54) is 65.0 Å². The summed E-state index contributed by atoms with van der Waals surface area (Å²) in [5, 5.41) is 8.75. The molecule has 0 amide bonds. The van der Waals surface area contributed by atoms with E-state index in [4.69, 9.17) is 4.98 Å². The average Bonchev–Trinajstić information content (AvgIpc) is 3.55. The second-order valence-electron chi connectivity index (χ2n) is 11.9. The van der Waals surface area contributed by atoms with Crippen LogP contribution in [0.4, 0.5) is 0 Å². The van der Waals surface area contributed by atoms with Gasteiger partial charge in [0, 0.05) is 32.5 Å². The van der Waals surface area contributed by atoms with E-state index >= 15 is 0 Å². The molecule has 1 aliphatic carbocycles. The van der Waals surface area contributed by atoms with Crippen LogP contribution in [0.25, 0.3) is 89.1 Å². The topological polar surface area (TPSA) is 22.2 Å². The lowest BCUT2D eigenvalue weighted by molar-refractivity contribution is 1.17. The number of rotatable bonds is 2. The quantitative estimate of drug-likeness (QED) is 0.189. The normalized spacial score (nSPS) is 13.1. The second kappa shape index (κ2) is 9.28. The Morgan fingerprint density at radius 2 is 1.27 bits per heavy atom. The highest BCUT2D eigenvalue weighted by Crippen LogP contribution is 2.36. The second-order valence-corrected chi connectivity index (χ2v) is 11.9. The van der Waals surface area contributed by atoms with Gasteiger partial charge >= 0.3 is 0 Å². The van der Waals surface area contributed by atoms with E-state index in [9.17, 15) is 0 Å². The van der Waals surface area contributed by atoms with Crippen molar-refractivity contribution in [2.24, 2.45) is 0 Å². The Labute approximate surface area is 258 Å². The van der Waals surface area contributed by atoms with Crippen LogP contribution in [0.3, 0.4) is 0 Å². The molecule has 0 saturated heterocycles. The molecule has 6 aromatic carbocycles. The van der Waals surface area contributed by atoms with Crippen LogP contribution >= 0.6 is 0 Å². The number of hydrogen-bond donors (Lipinski definition) is 0. The minimum Gasteiger partial charge on any atom is -0.309 e. The molecule has 3 heterocycles. The Balaban J connectivity index is 1.18. The fourth-order valence-corrected chi connectivity index (χ4v) is 7.45. The average molecular weight is 574 g/mol. The summed E-state index contributed by atoms with van der Waals surface area (Å²) in [6.07, 6.45) is 9.96. The molecule has 3 aromatic heterocycles. The van der Waals surface area contributed by atoms with Crippen LogP contribution in [0.15, 0.2) is 140 Å². The Morgan fingerprint density at radius 3 is 2.13 bits per heavy atom. The highest BCUT2D eigenvalue weighted by molar-refractivity contribution is 6.15. The Hall–Kier alpha value is -5.93. The molecule has 210 valence electrons. The number of para-hydroxylation sites is 4. The zero-order chi connectivity index (χ0) is 29.5. The van der Waals surface area contributed by atoms with Crippen molar-refractivity contribution < 1.29 is 0 Å². The van der Waals surface area contributed by atoms with Gasteiger partial charge in [0.05, 0.1) is 27.6 Å². The number of benzene rings is 6. The smallest absolute Gasteiger partial charge is 0.146 e. The van der Waals surface area contributed by atoms with Crippen molar-refractivity contribution >= 4 is 72.3 Å². The lowest BCUT2D eigenvalue weighted by Crippen LogP contribution is -2.25. The minimum absolute atomic E-state index is 0.952. The Kier molecular flexibility index (Phi) is 5.06. The Morgan fingerprint density at radius 1 is 0.556 bits per heavy atom. The maximum atomic E-state index is 5.07. The van der Waals surface area contributed by atoms with Crippen LogP contribution in [0.5, 0.6) is 0 Å². The van der Waals surface area contributed by atoms with E-state index in [1.807, 2.05) is 0 Å². The van der Waals surface area contributed by atoms with Crippen LogP contribution in [-0.4, -0.2) is 14.0 Å².